The van der Waals surface area contributed by atoms with E-state index in [-0.39, 0.29) is 4.90 Å². The molecule has 3 heterocycles. The smallest absolute Gasteiger partial charge is 0.354 e. The van der Waals surface area contributed by atoms with Gasteiger partial charge in [-0.3, -0.25) is 0 Å². The normalized spacial score (nSPS) is 15.8. The molecule has 0 saturated heterocycles. The number of fused-ring (bicyclic) bond motifs is 2. The number of nitrogens with zero attached hydrogens (tertiary/aromatic N) is 4. The summed E-state index contributed by atoms with van der Waals surface area (Å²) in [5.41, 5.74) is 5.51. The first-order valence-corrected chi connectivity index (χ1v) is 12.2. The van der Waals surface area contributed by atoms with Gasteiger partial charge in [-0.2, -0.15) is 5.10 Å². The van der Waals surface area contributed by atoms with Crippen LogP contribution in [0.15, 0.2) is 39.9 Å². The molecule has 172 valence electrons. The third kappa shape index (κ3) is 3.83. The number of carbonyl (C=O) groups is 1. The topological polar surface area (TPSA) is 134 Å². The number of urea groups is 1. The van der Waals surface area contributed by atoms with Crippen LogP contribution in [0.1, 0.15) is 23.1 Å². The molecule has 11 heteroatoms. The molecule has 1 aromatic carbocycles. The molecule has 0 spiro atoms. The summed E-state index contributed by atoms with van der Waals surface area (Å²) in [6.07, 6.45) is 5.55. The summed E-state index contributed by atoms with van der Waals surface area (Å²) >= 11 is 0. The first kappa shape index (κ1) is 21.4. The second-order valence-corrected chi connectivity index (χ2v) is 9.76. The molecule has 5 rings (SSSR count). The molecule has 3 N–H and O–H groups in total. The van der Waals surface area contributed by atoms with Crippen molar-refractivity contribution < 1.29 is 18.5 Å². The monoisotopic (exact) mass is 468 g/mol. The SMILES string of the molecule is COc1cc(-c2c(C)cc3c(c2NC(=O)N=S(N)(=O)c2cnn4c2OCCC4)CC3)ccn1. The first-order valence-electron chi connectivity index (χ1n) is 10.6. The maximum absolute atomic E-state index is 13.2. The molecular formula is C22H24N6O4S. The number of amides is 2. The van der Waals surface area contributed by atoms with Crippen LogP contribution in [0, 0.1) is 6.92 Å². The van der Waals surface area contributed by atoms with Crippen LogP contribution in [-0.4, -0.2) is 38.7 Å². The lowest BCUT2D eigenvalue weighted by atomic mass is 9.81. The number of nitrogens with one attached hydrogen (secondary N) is 1. The molecule has 1 aliphatic heterocycles. The lowest BCUT2D eigenvalue weighted by Gasteiger charge is -2.27. The molecule has 2 aliphatic rings. The summed E-state index contributed by atoms with van der Waals surface area (Å²) < 4.78 is 29.4. The Morgan fingerprint density at radius 2 is 2.21 bits per heavy atom. The minimum absolute atomic E-state index is 0.119. The molecule has 3 aromatic rings. The van der Waals surface area contributed by atoms with Crippen LogP contribution in [0.3, 0.4) is 0 Å². The molecule has 0 saturated carbocycles. The van der Waals surface area contributed by atoms with E-state index in [1.165, 1.54) is 11.8 Å². The highest BCUT2D eigenvalue weighted by Crippen LogP contribution is 2.41. The van der Waals surface area contributed by atoms with E-state index in [0.717, 1.165) is 41.5 Å². The van der Waals surface area contributed by atoms with Crippen LogP contribution < -0.4 is 19.9 Å². The Hall–Kier alpha value is -3.44. The Labute approximate surface area is 191 Å². The largest absolute Gasteiger partial charge is 0.481 e. The number of hydrogen-bond acceptors (Lipinski definition) is 6. The fourth-order valence-corrected chi connectivity index (χ4v) is 5.26. The van der Waals surface area contributed by atoms with E-state index in [4.69, 9.17) is 14.6 Å². The number of methoxy groups -OCH3 is 1. The van der Waals surface area contributed by atoms with Gasteiger partial charge in [-0.15, -0.1) is 4.36 Å². The Kier molecular flexibility index (Phi) is 5.29. The molecule has 2 amide bonds. The number of anilines is 1. The molecule has 2 aromatic heterocycles. The molecule has 10 nitrogen and oxygen atoms in total. The van der Waals surface area contributed by atoms with Gasteiger partial charge < -0.3 is 14.8 Å². The van der Waals surface area contributed by atoms with E-state index in [1.807, 2.05) is 19.1 Å². The number of ether oxygens (including phenoxy) is 2. The number of pyridine rings is 1. The van der Waals surface area contributed by atoms with Crippen molar-refractivity contribution in [2.24, 2.45) is 9.50 Å². The van der Waals surface area contributed by atoms with E-state index >= 15 is 0 Å². The third-order valence-electron chi connectivity index (χ3n) is 5.88. The van der Waals surface area contributed by atoms with Gasteiger partial charge >= 0.3 is 6.03 Å². The Balaban J connectivity index is 1.54. The van der Waals surface area contributed by atoms with Crippen LogP contribution >= 0.6 is 0 Å². The summed E-state index contributed by atoms with van der Waals surface area (Å²) in [5.74, 6) is 0.766. The number of aromatic nitrogens is 3. The summed E-state index contributed by atoms with van der Waals surface area (Å²) in [6.45, 7) is 3.08. The number of carbonyl (C=O) groups excluding carboxylic acids is 1. The van der Waals surface area contributed by atoms with Crippen molar-refractivity contribution in [2.45, 2.75) is 37.6 Å². The second kappa shape index (κ2) is 8.16. The summed E-state index contributed by atoms with van der Waals surface area (Å²) in [4.78, 5) is 17.2. The van der Waals surface area contributed by atoms with Gasteiger partial charge in [-0.25, -0.2) is 23.8 Å². The fourth-order valence-electron chi connectivity index (χ4n) is 4.26. The van der Waals surface area contributed by atoms with Crippen LogP contribution in [0.5, 0.6) is 11.8 Å². The zero-order valence-corrected chi connectivity index (χ0v) is 19.1. The van der Waals surface area contributed by atoms with Gasteiger partial charge in [-0.05, 0) is 48.1 Å². The predicted octanol–water partition coefficient (Wildman–Crippen LogP) is 3.08. The zero-order chi connectivity index (χ0) is 23.2. The summed E-state index contributed by atoms with van der Waals surface area (Å²) in [6, 6.07) is 4.99. The van der Waals surface area contributed by atoms with E-state index in [0.29, 0.717) is 30.6 Å². The lowest BCUT2D eigenvalue weighted by molar-refractivity contribution is 0.224. The van der Waals surface area contributed by atoms with Gasteiger partial charge in [0.1, 0.15) is 4.90 Å². The van der Waals surface area contributed by atoms with E-state index in [2.05, 4.69) is 25.8 Å². The zero-order valence-electron chi connectivity index (χ0n) is 18.3. The maximum Gasteiger partial charge on any atom is 0.354 e. The quantitative estimate of drug-likeness (QED) is 0.604. The average Bonchev–Trinajstić information content (AvgIpc) is 3.21. The predicted molar refractivity (Wildman–Crippen MR) is 123 cm³/mol. The lowest BCUT2D eigenvalue weighted by Crippen LogP contribution is -2.22. The van der Waals surface area contributed by atoms with Gasteiger partial charge in [0.05, 0.1) is 25.6 Å². The van der Waals surface area contributed by atoms with Gasteiger partial charge in [0, 0.05) is 30.8 Å². The molecule has 1 atom stereocenters. The number of aryl methyl sites for hydroxylation is 3. The Morgan fingerprint density at radius 3 is 2.97 bits per heavy atom. The molecule has 0 bridgehead atoms. The van der Waals surface area contributed by atoms with Crippen molar-refractivity contribution >= 4 is 21.6 Å². The van der Waals surface area contributed by atoms with Gasteiger partial charge in [0.25, 0.3) is 0 Å². The minimum Gasteiger partial charge on any atom is -0.481 e. The van der Waals surface area contributed by atoms with Crippen molar-refractivity contribution in [3.05, 3.63) is 47.3 Å². The molecule has 0 radical (unpaired) electrons. The Morgan fingerprint density at radius 1 is 1.36 bits per heavy atom. The van der Waals surface area contributed by atoms with Crippen molar-refractivity contribution in [3.8, 4) is 22.9 Å². The van der Waals surface area contributed by atoms with E-state index in [1.54, 1.807) is 18.0 Å². The highest BCUT2D eigenvalue weighted by Gasteiger charge is 2.27. The third-order valence-corrected chi connectivity index (χ3v) is 7.23. The van der Waals surface area contributed by atoms with Crippen LogP contribution in [0.2, 0.25) is 0 Å². The van der Waals surface area contributed by atoms with Crippen LogP contribution in [-0.2, 0) is 29.3 Å². The highest BCUT2D eigenvalue weighted by atomic mass is 32.2. The van der Waals surface area contributed by atoms with Crippen LogP contribution in [0.4, 0.5) is 10.5 Å². The standard InChI is InChI=1S/C22H24N6O4S/c1-13-10-14-4-5-16(14)20(19(13)15-6-7-24-18(11-15)31-2)26-22(29)27-33(23,30)17-12-25-28-8-3-9-32-21(17)28/h6-7,10-12H,3-5,8-9H2,1-2H3,(H3,23,26,27,29,30). The number of benzene rings is 1. The molecule has 0 fully saturated rings. The van der Waals surface area contributed by atoms with Crippen molar-refractivity contribution in [1.82, 2.24) is 14.8 Å². The van der Waals surface area contributed by atoms with Gasteiger partial charge in [-0.1, -0.05) is 6.07 Å². The Bertz CT molecular complexity index is 1390. The average molecular weight is 469 g/mol. The molecule has 1 aliphatic carbocycles. The summed E-state index contributed by atoms with van der Waals surface area (Å²) in [7, 11) is -2.01. The summed E-state index contributed by atoms with van der Waals surface area (Å²) in [5, 5.41) is 13.0. The number of nitrogens with two attached hydrogens (primary N) is 1. The highest BCUT2D eigenvalue weighted by molar-refractivity contribution is 7.91. The van der Waals surface area contributed by atoms with E-state index < -0.39 is 15.9 Å². The van der Waals surface area contributed by atoms with Gasteiger partial charge in [0.15, 0.2) is 9.92 Å². The van der Waals surface area contributed by atoms with Crippen molar-refractivity contribution in [3.63, 3.8) is 0 Å². The van der Waals surface area contributed by atoms with Crippen molar-refractivity contribution in [2.75, 3.05) is 19.0 Å². The number of rotatable bonds is 4. The first-order chi connectivity index (χ1) is 15.9. The molecular weight excluding hydrogens is 444 g/mol. The fraction of sp³-hybridized carbons (Fsp3) is 0.318. The van der Waals surface area contributed by atoms with Crippen LogP contribution in [0.25, 0.3) is 11.1 Å². The minimum atomic E-state index is -3.56. The number of hydrogen-bond donors (Lipinski definition) is 2. The maximum atomic E-state index is 13.2. The second-order valence-electron chi connectivity index (χ2n) is 8.00. The van der Waals surface area contributed by atoms with Crippen molar-refractivity contribution in [1.29, 1.82) is 0 Å². The van der Waals surface area contributed by atoms with E-state index in [9.17, 15) is 9.00 Å². The van der Waals surface area contributed by atoms with Gasteiger partial charge in [0.2, 0.25) is 11.8 Å². The molecule has 33 heavy (non-hydrogen) atoms. The molecule has 1 unspecified atom stereocenters.